The zero-order valence-electron chi connectivity index (χ0n) is 15.0. The van der Waals surface area contributed by atoms with Crippen LogP contribution in [0.2, 0.25) is 0 Å². The van der Waals surface area contributed by atoms with Crippen LogP contribution in [0.5, 0.6) is 0 Å². The molecule has 1 fully saturated rings. The summed E-state index contributed by atoms with van der Waals surface area (Å²) in [5.74, 6) is 0.238. The summed E-state index contributed by atoms with van der Waals surface area (Å²) in [7, 11) is 2.05. The second-order valence-corrected chi connectivity index (χ2v) is 6.94. The molecule has 3 heterocycles. The van der Waals surface area contributed by atoms with Gasteiger partial charge in [0.15, 0.2) is 5.69 Å². The molecule has 0 aromatic carbocycles. The predicted molar refractivity (Wildman–Crippen MR) is 95.8 cm³/mol. The van der Waals surface area contributed by atoms with E-state index in [1.54, 1.807) is 10.6 Å². The number of amides is 2. The van der Waals surface area contributed by atoms with Crippen molar-refractivity contribution in [3.05, 3.63) is 35.9 Å². The Bertz CT molecular complexity index is 775. The molecule has 2 aromatic rings. The van der Waals surface area contributed by atoms with Crippen LogP contribution in [0.1, 0.15) is 35.0 Å². The van der Waals surface area contributed by atoms with Crippen LogP contribution in [0, 0.1) is 5.92 Å². The molecule has 1 N–H and O–H groups in total. The van der Waals surface area contributed by atoms with Gasteiger partial charge in [0.25, 0.3) is 11.8 Å². The number of carbonyl (C=O) groups excluding carboxylic acids is 2. The molecular weight excluding hydrogens is 318 g/mol. The number of pyridine rings is 1. The van der Waals surface area contributed by atoms with Crippen LogP contribution in [0.15, 0.2) is 24.4 Å². The highest BCUT2D eigenvalue weighted by atomic mass is 16.2. The van der Waals surface area contributed by atoms with Crippen LogP contribution in [0.25, 0.3) is 5.52 Å². The number of carbonyl (C=O) groups is 2. The number of hydrogen-bond donors (Lipinski definition) is 1. The predicted octanol–water partition coefficient (Wildman–Crippen LogP) is 1.11. The molecule has 0 bridgehead atoms. The Hall–Kier alpha value is -2.41. The molecule has 0 unspecified atom stereocenters. The molecule has 0 spiro atoms. The van der Waals surface area contributed by atoms with Gasteiger partial charge in [-0.05, 0) is 25.1 Å². The summed E-state index contributed by atoms with van der Waals surface area (Å²) in [6, 6.07) is 5.52. The van der Waals surface area contributed by atoms with Gasteiger partial charge in [-0.1, -0.05) is 19.9 Å². The van der Waals surface area contributed by atoms with E-state index in [4.69, 9.17) is 0 Å². The number of hydrogen-bond acceptors (Lipinski definition) is 4. The number of likely N-dealkylation sites (N-methyl/N-ethyl adjacent to an activating group) is 1. The quantitative estimate of drug-likeness (QED) is 0.903. The van der Waals surface area contributed by atoms with Gasteiger partial charge in [0.1, 0.15) is 0 Å². The van der Waals surface area contributed by atoms with Crippen molar-refractivity contribution in [2.24, 2.45) is 5.92 Å². The highest BCUT2D eigenvalue weighted by molar-refractivity contribution is 6.02. The molecule has 134 valence electrons. The highest BCUT2D eigenvalue weighted by Gasteiger charge is 2.26. The molecule has 3 rings (SSSR count). The maximum atomic E-state index is 12.9. The second kappa shape index (κ2) is 7.23. The van der Waals surface area contributed by atoms with Gasteiger partial charge in [-0.2, -0.15) is 0 Å². The van der Waals surface area contributed by atoms with E-state index in [-0.39, 0.29) is 17.6 Å². The Morgan fingerprint density at radius 3 is 2.60 bits per heavy atom. The molecule has 1 aliphatic heterocycles. The van der Waals surface area contributed by atoms with Gasteiger partial charge in [-0.3, -0.25) is 14.0 Å². The zero-order chi connectivity index (χ0) is 18.0. The molecule has 7 nitrogen and oxygen atoms in total. The van der Waals surface area contributed by atoms with Crippen molar-refractivity contribution in [2.75, 3.05) is 39.8 Å². The van der Waals surface area contributed by atoms with Crippen molar-refractivity contribution in [1.82, 2.24) is 24.5 Å². The van der Waals surface area contributed by atoms with Crippen LogP contribution >= 0.6 is 0 Å². The minimum absolute atomic E-state index is 0.111. The lowest BCUT2D eigenvalue weighted by atomic mass is 10.2. The van der Waals surface area contributed by atoms with Crippen molar-refractivity contribution in [3.63, 3.8) is 0 Å². The molecule has 0 aliphatic carbocycles. The van der Waals surface area contributed by atoms with Crippen molar-refractivity contribution < 1.29 is 9.59 Å². The number of aromatic nitrogens is 2. The monoisotopic (exact) mass is 343 g/mol. The average Bonchev–Trinajstić information content (AvgIpc) is 2.99. The largest absolute Gasteiger partial charge is 0.349 e. The Morgan fingerprint density at radius 1 is 1.20 bits per heavy atom. The summed E-state index contributed by atoms with van der Waals surface area (Å²) in [6.45, 7) is 7.69. The fraction of sp³-hybridized carbons (Fsp3) is 0.500. The van der Waals surface area contributed by atoms with Gasteiger partial charge >= 0.3 is 0 Å². The first-order chi connectivity index (χ1) is 12.0. The van der Waals surface area contributed by atoms with E-state index in [1.165, 1.54) is 0 Å². The molecule has 0 radical (unpaired) electrons. The van der Waals surface area contributed by atoms with E-state index in [1.807, 2.05) is 44.0 Å². The maximum Gasteiger partial charge on any atom is 0.287 e. The summed E-state index contributed by atoms with van der Waals surface area (Å²) in [5.41, 5.74) is 1.01. The Kier molecular flexibility index (Phi) is 5.03. The number of fused-ring (bicyclic) bond motifs is 1. The summed E-state index contributed by atoms with van der Waals surface area (Å²) in [5, 5.41) is 2.87. The minimum atomic E-state index is -0.257. The summed E-state index contributed by atoms with van der Waals surface area (Å²) >= 11 is 0. The van der Waals surface area contributed by atoms with Crippen molar-refractivity contribution in [2.45, 2.75) is 13.8 Å². The molecule has 1 aliphatic rings. The third-order valence-corrected chi connectivity index (χ3v) is 4.42. The Balaban J connectivity index is 1.91. The van der Waals surface area contributed by atoms with Gasteiger partial charge in [0, 0.05) is 38.9 Å². The number of imidazole rings is 1. The van der Waals surface area contributed by atoms with Crippen LogP contribution in [0.4, 0.5) is 0 Å². The highest BCUT2D eigenvalue weighted by Crippen LogP contribution is 2.16. The van der Waals surface area contributed by atoms with E-state index >= 15 is 0 Å². The van der Waals surface area contributed by atoms with Gasteiger partial charge in [0.2, 0.25) is 5.82 Å². The number of piperazine rings is 1. The average molecular weight is 343 g/mol. The molecule has 0 saturated carbocycles. The van der Waals surface area contributed by atoms with E-state index < -0.39 is 0 Å². The Labute approximate surface area is 147 Å². The lowest BCUT2D eigenvalue weighted by molar-refractivity contribution is 0.0661. The first kappa shape index (κ1) is 17.4. The van der Waals surface area contributed by atoms with E-state index in [9.17, 15) is 9.59 Å². The molecule has 2 amide bonds. The van der Waals surface area contributed by atoms with E-state index in [0.717, 1.165) is 13.1 Å². The van der Waals surface area contributed by atoms with E-state index in [2.05, 4.69) is 15.2 Å². The fourth-order valence-corrected chi connectivity index (χ4v) is 2.89. The van der Waals surface area contributed by atoms with Crippen LogP contribution in [0.3, 0.4) is 0 Å². The van der Waals surface area contributed by atoms with Gasteiger partial charge in [-0.25, -0.2) is 4.98 Å². The number of rotatable bonds is 4. The molecular formula is C18H25N5O2. The summed E-state index contributed by atoms with van der Waals surface area (Å²) in [4.78, 5) is 33.8. The van der Waals surface area contributed by atoms with Gasteiger partial charge in [0.05, 0.1) is 5.52 Å². The smallest absolute Gasteiger partial charge is 0.287 e. The standard InChI is InChI=1S/C18H25N5O2/c1-13(2)12-19-17(24)16-20-15(14-6-4-5-7-23(14)16)18(25)22-10-8-21(3)9-11-22/h4-7,13H,8-12H2,1-3H3,(H,19,24). The zero-order valence-corrected chi connectivity index (χ0v) is 15.0. The van der Waals surface area contributed by atoms with Crippen molar-refractivity contribution in [1.29, 1.82) is 0 Å². The minimum Gasteiger partial charge on any atom is -0.349 e. The summed E-state index contributed by atoms with van der Waals surface area (Å²) in [6.07, 6.45) is 1.77. The third-order valence-electron chi connectivity index (χ3n) is 4.42. The summed E-state index contributed by atoms with van der Waals surface area (Å²) < 4.78 is 1.69. The SMILES string of the molecule is CC(C)CNC(=O)c1nc(C(=O)N2CCN(C)CC2)c2ccccn12. The third kappa shape index (κ3) is 3.66. The van der Waals surface area contributed by atoms with Crippen LogP contribution < -0.4 is 5.32 Å². The van der Waals surface area contributed by atoms with Crippen molar-refractivity contribution >= 4 is 17.3 Å². The molecule has 7 heteroatoms. The van der Waals surface area contributed by atoms with Gasteiger partial charge < -0.3 is 15.1 Å². The maximum absolute atomic E-state index is 12.9. The molecule has 1 saturated heterocycles. The van der Waals surface area contributed by atoms with Crippen molar-refractivity contribution in [3.8, 4) is 0 Å². The molecule has 0 atom stereocenters. The lowest BCUT2D eigenvalue weighted by Crippen LogP contribution is -2.47. The van der Waals surface area contributed by atoms with Crippen LogP contribution in [-0.2, 0) is 0 Å². The fourth-order valence-electron chi connectivity index (χ4n) is 2.89. The topological polar surface area (TPSA) is 70.0 Å². The van der Waals surface area contributed by atoms with Gasteiger partial charge in [-0.15, -0.1) is 0 Å². The lowest BCUT2D eigenvalue weighted by Gasteiger charge is -2.32. The van der Waals surface area contributed by atoms with Crippen LogP contribution in [-0.4, -0.2) is 70.8 Å². The van der Waals surface area contributed by atoms with E-state index in [0.29, 0.717) is 36.8 Å². The molecule has 25 heavy (non-hydrogen) atoms. The first-order valence-corrected chi connectivity index (χ1v) is 8.70. The normalized spacial score (nSPS) is 15.8. The number of nitrogens with zero attached hydrogens (tertiary/aromatic N) is 4. The molecule has 2 aromatic heterocycles. The first-order valence-electron chi connectivity index (χ1n) is 8.70. The second-order valence-electron chi connectivity index (χ2n) is 6.94. The number of nitrogens with one attached hydrogen (secondary N) is 1. The Morgan fingerprint density at radius 2 is 1.92 bits per heavy atom.